The molecule has 1 aromatic rings. The van der Waals surface area contributed by atoms with E-state index in [1.165, 1.54) is 30.5 Å². The monoisotopic (exact) mass is 199 g/mol. The minimum absolute atomic E-state index is 0.762. The van der Waals surface area contributed by atoms with Crippen LogP contribution in [0.15, 0.2) is 36.5 Å². The molecule has 1 fully saturated rings. The van der Waals surface area contributed by atoms with Gasteiger partial charge in [0.25, 0.3) is 0 Å². The van der Waals surface area contributed by atoms with Gasteiger partial charge in [0, 0.05) is 18.8 Å². The Balaban J connectivity index is 1.94. The Labute approximate surface area is 91.4 Å². The number of allylic oxidation sites excluding steroid dienone is 1. The molecule has 2 atom stereocenters. The van der Waals surface area contributed by atoms with Crippen LogP contribution in [-0.2, 0) is 0 Å². The van der Waals surface area contributed by atoms with E-state index in [2.05, 4.69) is 48.4 Å². The van der Waals surface area contributed by atoms with Crippen molar-refractivity contribution >= 4 is 5.57 Å². The van der Waals surface area contributed by atoms with Crippen LogP contribution >= 0.6 is 0 Å². The summed E-state index contributed by atoms with van der Waals surface area (Å²) in [5, 5.41) is 0. The molecule has 3 rings (SSSR count). The first-order valence-corrected chi connectivity index (χ1v) is 5.86. The zero-order valence-corrected chi connectivity index (χ0v) is 9.19. The van der Waals surface area contributed by atoms with E-state index < -0.39 is 0 Å². The third-order valence-electron chi connectivity index (χ3n) is 3.91. The molecular formula is C14H17N. The third-order valence-corrected chi connectivity index (χ3v) is 3.91. The van der Waals surface area contributed by atoms with Crippen LogP contribution in [0.2, 0.25) is 0 Å². The van der Waals surface area contributed by atoms with Gasteiger partial charge in [0.05, 0.1) is 0 Å². The van der Waals surface area contributed by atoms with Crippen LogP contribution in [0.3, 0.4) is 0 Å². The zero-order valence-electron chi connectivity index (χ0n) is 9.19. The first-order chi connectivity index (χ1) is 7.34. The predicted octanol–water partition coefficient (Wildman–Crippen LogP) is 3.14. The van der Waals surface area contributed by atoms with Gasteiger partial charge in [-0.2, -0.15) is 0 Å². The number of benzene rings is 1. The molecule has 0 amide bonds. The van der Waals surface area contributed by atoms with E-state index in [9.17, 15) is 0 Å². The van der Waals surface area contributed by atoms with Crippen LogP contribution in [0.25, 0.3) is 5.57 Å². The molecule has 2 aliphatic heterocycles. The Kier molecular flexibility index (Phi) is 2.05. The van der Waals surface area contributed by atoms with E-state index in [1.54, 1.807) is 0 Å². The Morgan fingerprint density at radius 1 is 1.20 bits per heavy atom. The first-order valence-electron chi connectivity index (χ1n) is 5.86. The molecule has 0 saturated carbocycles. The molecule has 0 spiro atoms. The fourth-order valence-electron chi connectivity index (χ4n) is 2.87. The molecule has 0 aliphatic carbocycles. The highest BCUT2D eigenvalue weighted by molar-refractivity contribution is 5.66. The number of rotatable bonds is 1. The molecule has 0 aromatic heterocycles. The normalized spacial score (nSPS) is 29.1. The first kappa shape index (κ1) is 9.02. The number of fused-ring (bicyclic) bond motifs is 2. The molecule has 0 radical (unpaired) electrons. The highest BCUT2D eigenvalue weighted by Gasteiger charge is 2.33. The SMILES string of the molecule is CC1C2CCN1C=C(c1ccccc1)C2. The lowest BCUT2D eigenvalue weighted by atomic mass is 9.88. The highest BCUT2D eigenvalue weighted by atomic mass is 15.2. The summed E-state index contributed by atoms with van der Waals surface area (Å²) in [6, 6.07) is 11.6. The van der Waals surface area contributed by atoms with Crippen molar-refractivity contribution in [2.45, 2.75) is 25.8 Å². The molecule has 2 aliphatic rings. The predicted molar refractivity (Wildman–Crippen MR) is 63.3 cm³/mol. The van der Waals surface area contributed by atoms with E-state index in [4.69, 9.17) is 0 Å². The topological polar surface area (TPSA) is 3.24 Å². The summed E-state index contributed by atoms with van der Waals surface area (Å²) < 4.78 is 0. The second-order valence-electron chi connectivity index (χ2n) is 4.75. The average Bonchev–Trinajstić information content (AvgIpc) is 2.54. The molecule has 2 heterocycles. The molecule has 1 nitrogen and oxygen atoms in total. The van der Waals surface area contributed by atoms with Gasteiger partial charge in [-0.15, -0.1) is 0 Å². The summed E-state index contributed by atoms with van der Waals surface area (Å²) in [6.45, 7) is 3.61. The smallest absolute Gasteiger partial charge is 0.0288 e. The van der Waals surface area contributed by atoms with E-state index in [0.717, 1.165) is 12.0 Å². The van der Waals surface area contributed by atoms with Crippen LogP contribution in [0, 0.1) is 5.92 Å². The van der Waals surface area contributed by atoms with Gasteiger partial charge in [0.1, 0.15) is 0 Å². The maximum absolute atomic E-state index is 2.51. The van der Waals surface area contributed by atoms with E-state index in [0.29, 0.717) is 0 Å². The quantitative estimate of drug-likeness (QED) is 0.671. The molecule has 1 aromatic carbocycles. The summed E-state index contributed by atoms with van der Waals surface area (Å²) in [4.78, 5) is 2.51. The van der Waals surface area contributed by atoms with Gasteiger partial charge in [-0.3, -0.25) is 0 Å². The Morgan fingerprint density at radius 3 is 2.73 bits per heavy atom. The van der Waals surface area contributed by atoms with Gasteiger partial charge in [0.15, 0.2) is 0 Å². The fraction of sp³-hybridized carbons (Fsp3) is 0.429. The van der Waals surface area contributed by atoms with Crippen molar-refractivity contribution < 1.29 is 0 Å². The van der Waals surface area contributed by atoms with Crippen LogP contribution in [0.5, 0.6) is 0 Å². The standard InChI is InChI=1S/C14H17N/c1-11-13-7-8-15(11)10-14(9-13)12-5-3-2-4-6-12/h2-6,10-11,13H,7-9H2,1H3. The number of hydrogen-bond acceptors (Lipinski definition) is 1. The second-order valence-corrected chi connectivity index (χ2v) is 4.75. The Hall–Kier alpha value is -1.24. The summed E-state index contributed by atoms with van der Waals surface area (Å²) in [5.74, 6) is 0.880. The minimum atomic E-state index is 0.762. The fourth-order valence-corrected chi connectivity index (χ4v) is 2.87. The van der Waals surface area contributed by atoms with Crippen LogP contribution in [-0.4, -0.2) is 17.5 Å². The van der Waals surface area contributed by atoms with Gasteiger partial charge < -0.3 is 4.90 Å². The molecule has 2 unspecified atom stereocenters. The lowest BCUT2D eigenvalue weighted by Gasteiger charge is -2.30. The van der Waals surface area contributed by atoms with Crippen molar-refractivity contribution in [3.8, 4) is 0 Å². The second kappa shape index (κ2) is 3.41. The Bertz CT molecular complexity index is 380. The van der Waals surface area contributed by atoms with Crippen molar-refractivity contribution in [1.29, 1.82) is 0 Å². The summed E-state index contributed by atoms with van der Waals surface area (Å²) >= 11 is 0. The van der Waals surface area contributed by atoms with Gasteiger partial charge in [-0.1, -0.05) is 30.3 Å². The molecule has 0 N–H and O–H groups in total. The molecule has 1 heteroatoms. The maximum Gasteiger partial charge on any atom is 0.0288 e. The largest absolute Gasteiger partial charge is 0.374 e. The number of nitrogens with zero attached hydrogens (tertiary/aromatic N) is 1. The van der Waals surface area contributed by atoms with E-state index in [1.807, 2.05) is 0 Å². The molecule has 2 bridgehead atoms. The average molecular weight is 199 g/mol. The van der Waals surface area contributed by atoms with Crippen LogP contribution in [0.1, 0.15) is 25.3 Å². The van der Waals surface area contributed by atoms with Gasteiger partial charge >= 0.3 is 0 Å². The van der Waals surface area contributed by atoms with Gasteiger partial charge in [-0.05, 0) is 36.8 Å². The van der Waals surface area contributed by atoms with Gasteiger partial charge in [-0.25, -0.2) is 0 Å². The highest BCUT2D eigenvalue weighted by Crippen LogP contribution is 2.38. The van der Waals surface area contributed by atoms with Crippen molar-refractivity contribution in [1.82, 2.24) is 4.90 Å². The molecule has 78 valence electrons. The Morgan fingerprint density at radius 2 is 2.00 bits per heavy atom. The van der Waals surface area contributed by atoms with Gasteiger partial charge in [0.2, 0.25) is 0 Å². The summed E-state index contributed by atoms with van der Waals surface area (Å²) in [6.07, 6.45) is 5.01. The zero-order chi connectivity index (χ0) is 10.3. The van der Waals surface area contributed by atoms with Crippen molar-refractivity contribution in [2.24, 2.45) is 5.92 Å². The molecule has 15 heavy (non-hydrogen) atoms. The molecular weight excluding hydrogens is 182 g/mol. The van der Waals surface area contributed by atoms with E-state index in [-0.39, 0.29) is 0 Å². The van der Waals surface area contributed by atoms with Crippen molar-refractivity contribution in [3.63, 3.8) is 0 Å². The maximum atomic E-state index is 2.51. The minimum Gasteiger partial charge on any atom is -0.374 e. The summed E-state index contributed by atoms with van der Waals surface area (Å²) in [7, 11) is 0. The number of hydrogen-bond donors (Lipinski definition) is 0. The van der Waals surface area contributed by atoms with Crippen molar-refractivity contribution in [3.05, 3.63) is 42.1 Å². The lowest BCUT2D eigenvalue weighted by molar-refractivity contribution is 0.312. The van der Waals surface area contributed by atoms with E-state index >= 15 is 0 Å². The van der Waals surface area contributed by atoms with Crippen LogP contribution in [0.4, 0.5) is 0 Å². The van der Waals surface area contributed by atoms with Crippen LogP contribution < -0.4 is 0 Å². The third kappa shape index (κ3) is 1.46. The summed E-state index contributed by atoms with van der Waals surface area (Å²) in [5.41, 5.74) is 2.93. The lowest BCUT2D eigenvalue weighted by Crippen LogP contribution is -2.29. The van der Waals surface area contributed by atoms with Crippen molar-refractivity contribution in [2.75, 3.05) is 6.54 Å². The molecule has 1 saturated heterocycles.